The number of phosphoric acid groups is 1. The summed E-state index contributed by atoms with van der Waals surface area (Å²) in [6.07, 6.45) is 12.0. The van der Waals surface area contributed by atoms with E-state index in [4.69, 9.17) is 23.8 Å². The third-order valence-corrected chi connectivity index (χ3v) is 8.25. The van der Waals surface area contributed by atoms with E-state index in [0.29, 0.717) is 0 Å². The number of hydrogen-bond acceptors (Lipinski definition) is 12. The van der Waals surface area contributed by atoms with Crippen LogP contribution in [0.15, 0.2) is 0 Å². The number of carbonyl (C=O) groups is 1. The molecule has 1 saturated heterocycles. The molecule has 0 aromatic carbocycles. The largest absolute Gasteiger partial charge is 1.00 e. The maximum Gasteiger partial charge on any atom is 1.00 e. The van der Waals surface area contributed by atoms with Gasteiger partial charge in [-0.3, -0.25) is 9.36 Å². The van der Waals surface area contributed by atoms with Crippen molar-refractivity contribution in [3.05, 3.63) is 0 Å². The molecule has 0 spiro atoms. The van der Waals surface area contributed by atoms with Gasteiger partial charge < -0.3 is 48.6 Å². The van der Waals surface area contributed by atoms with Crippen molar-refractivity contribution >= 4 is 13.8 Å². The molecule has 14 heteroatoms. The van der Waals surface area contributed by atoms with E-state index in [9.17, 15) is 29.6 Å². The molecule has 6 atom stereocenters. The third-order valence-electron chi connectivity index (χ3n) is 7.25. The molecule has 1 fully saturated rings. The van der Waals surface area contributed by atoms with Crippen LogP contribution < -0.4 is 34.5 Å². The Morgan fingerprint density at radius 1 is 0.721 bits per heavy atom. The molecule has 0 saturated carbocycles. The fraction of sp³-hybridized carbons (Fsp3) is 0.966. The molecular weight excluding hydrogens is 594 g/mol. The number of phosphoric ester groups is 1. The first-order valence-electron chi connectivity index (χ1n) is 15.9. The van der Waals surface area contributed by atoms with Crippen molar-refractivity contribution in [1.29, 1.82) is 0 Å². The first kappa shape index (κ1) is 43.3. The van der Waals surface area contributed by atoms with Gasteiger partial charge in [-0.1, -0.05) is 96.8 Å². The standard InChI is InChI=1S/C29H57O12P.Na/c1-2-3-4-5-6-7-8-9-10-11-12-13-14-15-16-18-25(31)37-21-22-40-42(35,36)39-20-17-19-38-29-28(34)27(33)26(32)24(23-30)41-29;/h24,26-30,32-34H,2-23H2,1H3,(H,35,36);/q;+1/p-1/t24-,26-,27+,28+,29+;/m1./s1. The van der Waals surface area contributed by atoms with Gasteiger partial charge in [0.15, 0.2) is 6.29 Å². The number of hydrogen-bond donors (Lipinski definition) is 4. The van der Waals surface area contributed by atoms with Crippen LogP contribution in [0.3, 0.4) is 0 Å². The summed E-state index contributed by atoms with van der Waals surface area (Å²) < 4.78 is 36.7. The van der Waals surface area contributed by atoms with Crippen LogP contribution in [0.25, 0.3) is 0 Å². The van der Waals surface area contributed by atoms with Crippen molar-refractivity contribution in [3.63, 3.8) is 0 Å². The van der Waals surface area contributed by atoms with Crippen LogP contribution in [-0.4, -0.2) is 90.1 Å². The Kier molecular flexibility index (Phi) is 27.7. The molecule has 0 aliphatic carbocycles. The number of ether oxygens (including phenoxy) is 3. The first-order chi connectivity index (χ1) is 20.2. The van der Waals surface area contributed by atoms with Crippen LogP contribution in [0.4, 0.5) is 0 Å². The van der Waals surface area contributed by atoms with Crippen molar-refractivity contribution in [1.82, 2.24) is 0 Å². The summed E-state index contributed by atoms with van der Waals surface area (Å²) in [5, 5.41) is 38.5. The van der Waals surface area contributed by atoms with Gasteiger partial charge in [-0.15, -0.1) is 0 Å². The van der Waals surface area contributed by atoms with Gasteiger partial charge in [-0.2, -0.15) is 0 Å². The van der Waals surface area contributed by atoms with Gasteiger partial charge in [0.2, 0.25) is 0 Å². The molecule has 43 heavy (non-hydrogen) atoms. The van der Waals surface area contributed by atoms with Crippen molar-refractivity contribution < 1.29 is 87.5 Å². The van der Waals surface area contributed by atoms with E-state index in [1.165, 1.54) is 77.0 Å². The minimum absolute atomic E-state index is 0. The maximum absolute atomic E-state index is 11.8. The number of aliphatic hydroxyl groups excluding tert-OH is 4. The summed E-state index contributed by atoms with van der Waals surface area (Å²) in [6, 6.07) is 0. The van der Waals surface area contributed by atoms with Gasteiger partial charge in [0.25, 0.3) is 7.82 Å². The van der Waals surface area contributed by atoms with E-state index < -0.39 is 45.1 Å². The van der Waals surface area contributed by atoms with Crippen LogP contribution in [0.5, 0.6) is 0 Å². The monoisotopic (exact) mass is 650 g/mol. The molecule has 1 aliphatic heterocycles. The zero-order valence-corrected chi connectivity index (χ0v) is 29.3. The van der Waals surface area contributed by atoms with Gasteiger partial charge in [-0.25, -0.2) is 0 Å². The molecule has 4 N–H and O–H groups in total. The topological polar surface area (TPSA) is 184 Å². The van der Waals surface area contributed by atoms with Gasteiger partial charge in [0, 0.05) is 6.42 Å². The van der Waals surface area contributed by atoms with E-state index in [1.807, 2.05) is 0 Å². The van der Waals surface area contributed by atoms with E-state index in [-0.39, 0.29) is 74.8 Å². The zero-order chi connectivity index (χ0) is 31.1. The summed E-state index contributed by atoms with van der Waals surface area (Å²) in [5.41, 5.74) is 0. The molecule has 0 aromatic rings. The molecule has 0 aromatic heterocycles. The minimum atomic E-state index is -4.61. The molecule has 0 radical (unpaired) electrons. The van der Waals surface area contributed by atoms with Crippen LogP contribution in [0, 0.1) is 0 Å². The molecule has 0 amide bonds. The van der Waals surface area contributed by atoms with Crippen LogP contribution in [0.2, 0.25) is 0 Å². The summed E-state index contributed by atoms with van der Waals surface area (Å²) >= 11 is 0. The third kappa shape index (κ3) is 21.7. The second-order valence-electron chi connectivity index (χ2n) is 11.0. The van der Waals surface area contributed by atoms with E-state index in [1.54, 1.807) is 0 Å². The Balaban J connectivity index is 0.0000176. The smallest absolute Gasteiger partial charge is 0.756 e. The second-order valence-corrected chi connectivity index (χ2v) is 12.4. The fourth-order valence-corrected chi connectivity index (χ4v) is 5.42. The quantitative estimate of drug-likeness (QED) is 0.0419. The Labute approximate surface area is 280 Å². The Bertz CT molecular complexity index is 717. The maximum atomic E-state index is 11.8. The van der Waals surface area contributed by atoms with Gasteiger partial charge in [0.1, 0.15) is 31.0 Å². The normalized spacial score (nSPS) is 23.4. The molecule has 12 nitrogen and oxygen atoms in total. The van der Waals surface area contributed by atoms with Gasteiger partial charge in [0.05, 0.1) is 26.4 Å². The summed E-state index contributed by atoms with van der Waals surface area (Å²) in [4.78, 5) is 23.7. The Morgan fingerprint density at radius 2 is 1.23 bits per heavy atom. The van der Waals surface area contributed by atoms with Crippen LogP contribution >= 0.6 is 7.82 Å². The predicted octanol–water partition coefficient (Wildman–Crippen LogP) is 0.503. The molecule has 1 unspecified atom stereocenters. The van der Waals surface area contributed by atoms with E-state index in [0.717, 1.165) is 19.3 Å². The number of esters is 1. The summed E-state index contributed by atoms with van der Waals surface area (Å²) in [5.74, 6) is -0.389. The van der Waals surface area contributed by atoms with Gasteiger partial charge in [-0.05, 0) is 12.8 Å². The fourth-order valence-electron chi connectivity index (χ4n) is 4.69. The number of unbranched alkanes of at least 4 members (excludes halogenated alkanes) is 14. The molecule has 0 bridgehead atoms. The van der Waals surface area contributed by atoms with Crippen LogP contribution in [-0.2, 0) is 32.6 Å². The first-order valence-corrected chi connectivity index (χ1v) is 17.4. The molecule has 1 aliphatic rings. The predicted molar refractivity (Wildman–Crippen MR) is 154 cm³/mol. The van der Waals surface area contributed by atoms with Gasteiger partial charge >= 0.3 is 35.5 Å². The summed E-state index contributed by atoms with van der Waals surface area (Å²) in [6.45, 7) is 0.728. The SMILES string of the molecule is CCCCCCCCCCCCCCCCCC(=O)OCCOP(=O)([O-])OCCCO[C@H]1O[C@H](CO)[C@@H](O)[C@H](O)[C@@H]1O.[Na+]. The average molecular weight is 651 g/mol. The molecule has 1 rings (SSSR count). The molecule has 1 heterocycles. The van der Waals surface area contributed by atoms with E-state index >= 15 is 0 Å². The minimum Gasteiger partial charge on any atom is -0.756 e. The number of rotatable bonds is 27. The van der Waals surface area contributed by atoms with E-state index in [2.05, 4.69) is 11.4 Å². The van der Waals surface area contributed by atoms with Crippen molar-refractivity contribution in [2.24, 2.45) is 0 Å². The van der Waals surface area contributed by atoms with Crippen LogP contribution in [0.1, 0.15) is 116 Å². The second kappa shape index (κ2) is 27.5. The Hall–Kier alpha value is 0.340. The van der Waals surface area contributed by atoms with Crippen molar-refractivity contribution in [2.75, 3.05) is 33.0 Å². The molecular formula is C29H56NaO12P. The average Bonchev–Trinajstić information content (AvgIpc) is 2.97. The molecule has 250 valence electrons. The Morgan fingerprint density at radius 3 is 1.77 bits per heavy atom. The number of aliphatic hydroxyl groups is 4. The van der Waals surface area contributed by atoms with Crippen molar-refractivity contribution in [2.45, 2.75) is 147 Å². The number of carbonyl (C=O) groups excluding carboxylic acids is 1. The zero-order valence-electron chi connectivity index (χ0n) is 26.4. The van der Waals surface area contributed by atoms with Crippen molar-refractivity contribution in [3.8, 4) is 0 Å². The summed E-state index contributed by atoms with van der Waals surface area (Å²) in [7, 11) is -4.61.